The van der Waals surface area contributed by atoms with Crippen molar-refractivity contribution in [2.24, 2.45) is 0 Å². The number of fused-ring (bicyclic) bond motifs is 1. The highest BCUT2D eigenvalue weighted by molar-refractivity contribution is 6.00. The Hall–Kier alpha value is -1.84. The monoisotopic (exact) mass is 203 g/mol. The lowest BCUT2D eigenvalue weighted by atomic mass is 10.2. The van der Waals surface area contributed by atoms with Crippen molar-refractivity contribution in [2.75, 3.05) is 11.4 Å². The van der Waals surface area contributed by atoms with Gasteiger partial charge in [-0.15, -0.1) is 0 Å². The van der Waals surface area contributed by atoms with Crippen LogP contribution in [0.5, 0.6) is 0 Å². The van der Waals surface area contributed by atoms with Crippen LogP contribution < -0.4 is 4.90 Å². The molecule has 1 N–H and O–H groups in total. The lowest BCUT2D eigenvalue weighted by Gasteiger charge is -2.19. The van der Waals surface area contributed by atoms with Gasteiger partial charge in [0.15, 0.2) is 0 Å². The van der Waals surface area contributed by atoms with Gasteiger partial charge in [0.1, 0.15) is 5.52 Å². The van der Waals surface area contributed by atoms with Crippen molar-refractivity contribution in [1.29, 1.82) is 0 Å². The number of nitrogens with one attached hydrogen (secondary N) is 1. The summed E-state index contributed by atoms with van der Waals surface area (Å²) in [7, 11) is 0. The third-order valence-electron chi connectivity index (χ3n) is 2.42. The maximum absolute atomic E-state index is 11.4. The molecule has 0 aliphatic heterocycles. The number of nitrogens with zero attached hydrogens (tertiary/aromatic N) is 2. The topological polar surface area (TPSA) is 49.0 Å². The van der Waals surface area contributed by atoms with Crippen LogP contribution in [0.2, 0.25) is 0 Å². The first-order valence-corrected chi connectivity index (χ1v) is 4.94. The van der Waals surface area contributed by atoms with Crippen LogP contribution in [0.4, 0.5) is 5.69 Å². The lowest BCUT2D eigenvalue weighted by molar-refractivity contribution is -0.116. The number of hydrogen-bond donors (Lipinski definition) is 1. The van der Waals surface area contributed by atoms with Crippen molar-refractivity contribution >= 4 is 22.6 Å². The molecule has 0 spiro atoms. The molecule has 78 valence electrons. The number of benzene rings is 1. The number of aromatic amines is 1. The normalized spacial score (nSPS) is 10.5. The van der Waals surface area contributed by atoms with E-state index in [1.54, 1.807) is 18.2 Å². The average Bonchev–Trinajstić information content (AvgIpc) is 2.66. The van der Waals surface area contributed by atoms with Crippen molar-refractivity contribution in [1.82, 2.24) is 9.97 Å². The van der Waals surface area contributed by atoms with Crippen LogP contribution in [-0.2, 0) is 4.79 Å². The van der Waals surface area contributed by atoms with Crippen molar-refractivity contribution < 1.29 is 4.79 Å². The Morgan fingerprint density at radius 3 is 3.00 bits per heavy atom. The SMILES string of the molecule is CCN(C(C)=O)c1cccc2[nH]cnc12. The third kappa shape index (κ3) is 1.58. The zero-order valence-corrected chi connectivity index (χ0v) is 8.82. The van der Waals surface area contributed by atoms with E-state index in [0.29, 0.717) is 6.54 Å². The maximum Gasteiger partial charge on any atom is 0.223 e. The molecule has 0 atom stereocenters. The van der Waals surface area contributed by atoms with Gasteiger partial charge in [-0.3, -0.25) is 4.79 Å². The number of para-hydroxylation sites is 1. The average molecular weight is 203 g/mol. The fourth-order valence-corrected chi connectivity index (χ4v) is 1.73. The van der Waals surface area contributed by atoms with Gasteiger partial charge in [-0.1, -0.05) is 6.07 Å². The molecule has 2 aromatic rings. The number of H-pyrrole nitrogens is 1. The van der Waals surface area contributed by atoms with E-state index in [0.717, 1.165) is 16.7 Å². The fourth-order valence-electron chi connectivity index (χ4n) is 1.73. The number of hydrogen-bond acceptors (Lipinski definition) is 2. The summed E-state index contributed by atoms with van der Waals surface area (Å²) in [6.07, 6.45) is 1.64. The smallest absolute Gasteiger partial charge is 0.223 e. The largest absolute Gasteiger partial charge is 0.345 e. The molecular formula is C11H13N3O. The highest BCUT2D eigenvalue weighted by Crippen LogP contribution is 2.23. The zero-order chi connectivity index (χ0) is 10.8. The minimum atomic E-state index is 0.0352. The molecule has 0 saturated heterocycles. The molecule has 1 amide bonds. The van der Waals surface area contributed by atoms with E-state index >= 15 is 0 Å². The Balaban J connectivity index is 2.59. The standard InChI is InChI=1S/C11H13N3O/c1-3-14(8(2)15)10-6-4-5-9-11(10)13-7-12-9/h4-7H,3H2,1-2H3,(H,12,13). The minimum Gasteiger partial charge on any atom is -0.345 e. The zero-order valence-electron chi connectivity index (χ0n) is 8.82. The summed E-state index contributed by atoms with van der Waals surface area (Å²) in [5.41, 5.74) is 2.66. The van der Waals surface area contributed by atoms with Gasteiger partial charge < -0.3 is 9.88 Å². The van der Waals surface area contributed by atoms with E-state index in [2.05, 4.69) is 9.97 Å². The molecule has 0 saturated carbocycles. The molecule has 15 heavy (non-hydrogen) atoms. The predicted octanol–water partition coefficient (Wildman–Crippen LogP) is 1.94. The summed E-state index contributed by atoms with van der Waals surface area (Å²) in [5.74, 6) is 0.0352. The van der Waals surface area contributed by atoms with Gasteiger partial charge in [0.05, 0.1) is 17.5 Å². The minimum absolute atomic E-state index is 0.0352. The van der Waals surface area contributed by atoms with Crippen molar-refractivity contribution in [3.8, 4) is 0 Å². The molecule has 4 heteroatoms. The van der Waals surface area contributed by atoms with Gasteiger partial charge in [-0.2, -0.15) is 0 Å². The molecule has 1 aromatic carbocycles. The Morgan fingerprint density at radius 2 is 2.33 bits per heavy atom. The van der Waals surface area contributed by atoms with Gasteiger partial charge in [0.25, 0.3) is 0 Å². The van der Waals surface area contributed by atoms with Crippen LogP contribution in [0, 0.1) is 0 Å². The molecule has 0 aliphatic rings. The van der Waals surface area contributed by atoms with E-state index in [1.165, 1.54) is 0 Å². The molecule has 0 radical (unpaired) electrons. The van der Waals surface area contributed by atoms with Crippen LogP contribution in [0.3, 0.4) is 0 Å². The molecular weight excluding hydrogens is 190 g/mol. The Morgan fingerprint density at radius 1 is 1.53 bits per heavy atom. The van der Waals surface area contributed by atoms with Crippen LogP contribution in [0.1, 0.15) is 13.8 Å². The van der Waals surface area contributed by atoms with Gasteiger partial charge >= 0.3 is 0 Å². The summed E-state index contributed by atoms with van der Waals surface area (Å²) < 4.78 is 0. The van der Waals surface area contributed by atoms with E-state index in [4.69, 9.17) is 0 Å². The molecule has 1 aromatic heterocycles. The van der Waals surface area contributed by atoms with Crippen LogP contribution in [0.25, 0.3) is 11.0 Å². The number of imidazole rings is 1. The molecule has 0 bridgehead atoms. The van der Waals surface area contributed by atoms with E-state index in [1.807, 2.05) is 25.1 Å². The first kappa shape index (κ1) is 9.71. The first-order chi connectivity index (χ1) is 7.24. The van der Waals surface area contributed by atoms with E-state index in [-0.39, 0.29) is 5.91 Å². The summed E-state index contributed by atoms with van der Waals surface area (Å²) in [6.45, 7) is 4.17. The number of carbonyl (C=O) groups excluding carboxylic acids is 1. The number of aromatic nitrogens is 2. The van der Waals surface area contributed by atoms with Gasteiger partial charge in [0, 0.05) is 13.5 Å². The van der Waals surface area contributed by atoms with Crippen molar-refractivity contribution in [3.63, 3.8) is 0 Å². The summed E-state index contributed by atoms with van der Waals surface area (Å²) in [6, 6.07) is 5.77. The summed E-state index contributed by atoms with van der Waals surface area (Å²) in [4.78, 5) is 20.4. The number of rotatable bonds is 2. The maximum atomic E-state index is 11.4. The van der Waals surface area contributed by atoms with Gasteiger partial charge in [-0.05, 0) is 19.1 Å². The number of carbonyl (C=O) groups is 1. The predicted molar refractivity (Wildman–Crippen MR) is 59.8 cm³/mol. The molecule has 0 unspecified atom stereocenters. The second-order valence-corrected chi connectivity index (χ2v) is 3.34. The quantitative estimate of drug-likeness (QED) is 0.810. The Bertz CT molecular complexity index is 489. The van der Waals surface area contributed by atoms with Crippen LogP contribution in [-0.4, -0.2) is 22.4 Å². The highest BCUT2D eigenvalue weighted by Gasteiger charge is 2.13. The molecule has 0 fully saturated rings. The highest BCUT2D eigenvalue weighted by atomic mass is 16.2. The lowest BCUT2D eigenvalue weighted by Crippen LogP contribution is -2.28. The first-order valence-electron chi connectivity index (χ1n) is 4.94. The molecule has 2 rings (SSSR count). The van der Waals surface area contributed by atoms with Crippen LogP contribution >= 0.6 is 0 Å². The Labute approximate surface area is 87.9 Å². The van der Waals surface area contributed by atoms with Crippen molar-refractivity contribution in [3.05, 3.63) is 24.5 Å². The fraction of sp³-hybridized carbons (Fsp3) is 0.273. The Kier molecular flexibility index (Phi) is 2.41. The second kappa shape index (κ2) is 3.73. The number of anilines is 1. The van der Waals surface area contributed by atoms with E-state index < -0.39 is 0 Å². The van der Waals surface area contributed by atoms with Crippen LogP contribution in [0.15, 0.2) is 24.5 Å². The summed E-state index contributed by atoms with van der Waals surface area (Å²) in [5, 5.41) is 0. The van der Waals surface area contributed by atoms with Gasteiger partial charge in [0.2, 0.25) is 5.91 Å². The molecule has 0 aliphatic carbocycles. The third-order valence-corrected chi connectivity index (χ3v) is 2.42. The summed E-state index contributed by atoms with van der Waals surface area (Å²) >= 11 is 0. The van der Waals surface area contributed by atoms with Gasteiger partial charge in [-0.25, -0.2) is 4.98 Å². The van der Waals surface area contributed by atoms with E-state index in [9.17, 15) is 4.79 Å². The second-order valence-electron chi connectivity index (χ2n) is 3.34. The molecule has 1 heterocycles. The van der Waals surface area contributed by atoms with Crippen molar-refractivity contribution in [2.45, 2.75) is 13.8 Å². The molecule has 4 nitrogen and oxygen atoms in total. The number of amides is 1.